The predicted molar refractivity (Wildman–Crippen MR) is 100 cm³/mol. The molecular weight excluding hydrogens is 490 g/mol. The Morgan fingerprint density at radius 2 is 2.11 bits per heavy atom. The minimum absolute atomic E-state index is 0.0888. The Morgan fingerprint density at radius 1 is 1.32 bits per heavy atom. The van der Waals surface area contributed by atoms with Crippen molar-refractivity contribution in [1.29, 1.82) is 0 Å². The summed E-state index contributed by atoms with van der Waals surface area (Å²) in [6.45, 7) is -0.166. The molecule has 0 fully saturated rings. The highest BCUT2D eigenvalue weighted by molar-refractivity contribution is 9.10. The lowest BCUT2D eigenvalue weighted by atomic mass is 10.1. The van der Waals surface area contributed by atoms with Gasteiger partial charge in [-0.1, -0.05) is 0 Å². The molecule has 1 N–H and O–H groups in total. The minimum Gasteiger partial charge on any atom is -0.362 e. The smallest absolute Gasteiger partial charge is 0.362 e. The van der Waals surface area contributed by atoms with Gasteiger partial charge in [0.1, 0.15) is 10.1 Å². The maximum atomic E-state index is 15.0. The summed E-state index contributed by atoms with van der Waals surface area (Å²) < 4.78 is 60.5. The molecule has 0 aliphatic heterocycles. The van der Waals surface area contributed by atoms with E-state index in [1.807, 2.05) is 11.4 Å². The lowest BCUT2D eigenvalue weighted by Gasteiger charge is -2.06. The molecule has 3 aromatic heterocycles. The Morgan fingerprint density at radius 3 is 2.79 bits per heavy atom. The van der Waals surface area contributed by atoms with Crippen LogP contribution in [-0.4, -0.2) is 31.9 Å². The molecule has 0 amide bonds. The standard InChI is InChI=1S/C15H13BrClF4N5OS/c16-12-9(3-1-2-5-27-15(19,20)21)10(18)11-13(23-14(17)24-26(11)12)22-7-8-4-6-28-25-8/h4,6H,1-3,5,7H2,(H,22,23,24). The van der Waals surface area contributed by atoms with E-state index in [4.69, 9.17) is 11.6 Å². The normalized spacial score (nSPS) is 12.1. The van der Waals surface area contributed by atoms with Crippen LogP contribution in [0, 0.1) is 5.82 Å². The third-order valence-corrected chi connectivity index (χ3v) is 5.32. The molecule has 0 saturated heterocycles. The number of aromatic nitrogens is 4. The second-order valence-corrected chi connectivity index (χ2v) is 7.42. The van der Waals surface area contributed by atoms with Crippen LogP contribution in [0.5, 0.6) is 0 Å². The van der Waals surface area contributed by atoms with Crippen LogP contribution in [0.25, 0.3) is 5.52 Å². The van der Waals surface area contributed by atoms with Crippen LogP contribution >= 0.6 is 39.1 Å². The summed E-state index contributed by atoms with van der Waals surface area (Å²) in [4.78, 5) is 4.04. The summed E-state index contributed by atoms with van der Waals surface area (Å²) in [6.07, 6.45) is -4.05. The van der Waals surface area contributed by atoms with Gasteiger partial charge in [-0.25, -0.2) is 8.91 Å². The fraction of sp³-hybridized carbons (Fsp3) is 0.400. The molecule has 0 radical (unpaired) electrons. The number of rotatable bonds is 8. The third kappa shape index (κ3) is 5.10. The average molecular weight is 503 g/mol. The summed E-state index contributed by atoms with van der Waals surface area (Å²) in [5.41, 5.74) is 1.13. The molecule has 0 unspecified atom stereocenters. The first kappa shape index (κ1) is 21.2. The topological polar surface area (TPSA) is 64.3 Å². The van der Waals surface area contributed by atoms with Gasteiger partial charge in [0, 0.05) is 10.9 Å². The number of ether oxygens (including phenoxy) is 1. The van der Waals surface area contributed by atoms with E-state index in [-0.39, 0.29) is 35.0 Å². The van der Waals surface area contributed by atoms with Gasteiger partial charge in [0.15, 0.2) is 11.6 Å². The lowest BCUT2D eigenvalue weighted by Crippen LogP contribution is -2.14. The van der Waals surface area contributed by atoms with Gasteiger partial charge in [-0.05, 0) is 64.4 Å². The summed E-state index contributed by atoms with van der Waals surface area (Å²) in [7, 11) is 0. The molecular formula is C15H13BrClF4N5OS. The number of unbranched alkanes of at least 4 members (excludes halogenated alkanes) is 1. The first-order chi connectivity index (χ1) is 13.3. The van der Waals surface area contributed by atoms with E-state index >= 15 is 4.39 Å². The number of alkyl halides is 3. The zero-order valence-electron chi connectivity index (χ0n) is 14.1. The van der Waals surface area contributed by atoms with Crippen LogP contribution in [-0.2, 0) is 17.7 Å². The van der Waals surface area contributed by atoms with Crippen molar-refractivity contribution >= 4 is 50.4 Å². The average Bonchev–Trinajstić information content (AvgIpc) is 3.21. The van der Waals surface area contributed by atoms with Crippen LogP contribution in [0.4, 0.5) is 23.4 Å². The molecule has 0 aromatic carbocycles. The Hall–Kier alpha value is -1.50. The van der Waals surface area contributed by atoms with Crippen LogP contribution in [0.3, 0.4) is 0 Å². The highest BCUT2D eigenvalue weighted by Gasteiger charge is 2.28. The van der Waals surface area contributed by atoms with Gasteiger partial charge in [-0.3, -0.25) is 4.74 Å². The Bertz CT molecular complexity index is 950. The molecule has 0 bridgehead atoms. The number of hydrogen-bond acceptors (Lipinski definition) is 6. The summed E-state index contributed by atoms with van der Waals surface area (Å²) in [5, 5.41) is 8.71. The first-order valence-electron chi connectivity index (χ1n) is 8.02. The molecule has 0 saturated carbocycles. The van der Waals surface area contributed by atoms with Gasteiger partial charge in [0.2, 0.25) is 5.28 Å². The van der Waals surface area contributed by atoms with Gasteiger partial charge in [-0.2, -0.15) is 9.36 Å². The molecule has 0 aliphatic carbocycles. The van der Waals surface area contributed by atoms with Gasteiger partial charge < -0.3 is 5.32 Å². The number of nitrogens with one attached hydrogen (secondary N) is 1. The number of nitrogens with zero attached hydrogens (tertiary/aromatic N) is 4. The second kappa shape index (κ2) is 8.89. The fourth-order valence-electron chi connectivity index (χ4n) is 2.53. The monoisotopic (exact) mass is 501 g/mol. The minimum atomic E-state index is -4.67. The summed E-state index contributed by atoms with van der Waals surface area (Å²) >= 11 is 10.5. The van der Waals surface area contributed by atoms with Crippen molar-refractivity contribution in [2.24, 2.45) is 0 Å². The highest BCUT2D eigenvalue weighted by atomic mass is 79.9. The van der Waals surface area contributed by atoms with Crippen LogP contribution in [0.1, 0.15) is 24.1 Å². The van der Waals surface area contributed by atoms with Crippen molar-refractivity contribution in [3.05, 3.63) is 38.4 Å². The lowest BCUT2D eigenvalue weighted by molar-refractivity contribution is -0.324. The van der Waals surface area contributed by atoms with E-state index in [0.29, 0.717) is 17.6 Å². The Labute approximate surface area is 174 Å². The number of anilines is 1. The van der Waals surface area contributed by atoms with E-state index in [1.54, 1.807) is 0 Å². The molecule has 3 aromatic rings. The highest BCUT2D eigenvalue weighted by Crippen LogP contribution is 2.32. The van der Waals surface area contributed by atoms with Crippen molar-refractivity contribution in [2.75, 3.05) is 11.9 Å². The van der Waals surface area contributed by atoms with E-state index < -0.39 is 18.8 Å². The summed E-state index contributed by atoms with van der Waals surface area (Å²) in [5.74, 6) is -0.376. The Kier molecular flexibility index (Phi) is 6.73. The van der Waals surface area contributed by atoms with E-state index in [9.17, 15) is 13.2 Å². The van der Waals surface area contributed by atoms with E-state index in [2.05, 4.69) is 40.4 Å². The number of fused-ring (bicyclic) bond motifs is 1. The molecule has 0 aliphatic rings. The van der Waals surface area contributed by atoms with E-state index in [0.717, 1.165) is 5.69 Å². The van der Waals surface area contributed by atoms with Gasteiger partial charge in [0.05, 0.1) is 18.8 Å². The van der Waals surface area contributed by atoms with Crippen molar-refractivity contribution in [3.8, 4) is 0 Å². The number of halogens is 6. The van der Waals surface area contributed by atoms with Crippen LogP contribution in [0.2, 0.25) is 5.28 Å². The molecule has 0 atom stereocenters. The second-order valence-electron chi connectivity index (χ2n) is 5.67. The number of hydrogen-bond donors (Lipinski definition) is 1. The fourth-order valence-corrected chi connectivity index (χ4v) is 3.86. The molecule has 13 heteroatoms. The zero-order valence-corrected chi connectivity index (χ0v) is 17.2. The Balaban J connectivity index is 1.77. The summed E-state index contributed by atoms with van der Waals surface area (Å²) in [6, 6.07) is 1.82. The molecule has 152 valence electrons. The van der Waals surface area contributed by atoms with E-state index in [1.165, 1.54) is 16.0 Å². The molecule has 6 nitrogen and oxygen atoms in total. The third-order valence-electron chi connectivity index (χ3n) is 3.75. The van der Waals surface area contributed by atoms with Crippen molar-refractivity contribution < 1.29 is 22.3 Å². The predicted octanol–water partition coefficient (Wildman–Crippen LogP) is 5.21. The molecule has 0 spiro atoms. The van der Waals surface area contributed by atoms with Gasteiger partial charge in [-0.15, -0.1) is 18.3 Å². The van der Waals surface area contributed by atoms with Gasteiger partial charge >= 0.3 is 6.36 Å². The first-order valence-corrected chi connectivity index (χ1v) is 10.0. The van der Waals surface area contributed by atoms with Gasteiger partial charge in [0.25, 0.3) is 0 Å². The molecule has 3 heterocycles. The largest absolute Gasteiger partial charge is 0.522 e. The SMILES string of the molecule is Fc1c(CCCCOC(F)(F)F)c(Br)n2nc(Cl)nc(NCc3ccsn3)c12. The quantitative estimate of drug-likeness (QED) is 0.338. The maximum Gasteiger partial charge on any atom is 0.522 e. The zero-order chi connectivity index (χ0) is 20.3. The molecule has 3 rings (SSSR count). The maximum absolute atomic E-state index is 15.0. The molecule has 28 heavy (non-hydrogen) atoms. The van der Waals surface area contributed by atoms with Crippen LogP contribution < -0.4 is 5.32 Å². The van der Waals surface area contributed by atoms with Crippen molar-refractivity contribution in [2.45, 2.75) is 32.2 Å². The van der Waals surface area contributed by atoms with Crippen LogP contribution in [0.15, 0.2) is 16.0 Å². The van der Waals surface area contributed by atoms with Crippen molar-refractivity contribution in [3.63, 3.8) is 0 Å². The van der Waals surface area contributed by atoms with Crippen molar-refractivity contribution in [1.82, 2.24) is 19.0 Å².